The maximum Gasteiger partial charge on any atom is 0.342 e. The third-order valence-corrected chi connectivity index (χ3v) is 3.53. The largest absolute Gasteiger partial charge is 0.492 e. The number of cyclic esters (lactones) is 1. The SMILES string of the molecule is Cn1cc(CCOc2ccc(Cl)c3c2C(=O)OC3)cn1. The molecule has 0 bridgehead atoms. The molecule has 0 saturated carbocycles. The fourth-order valence-corrected chi connectivity index (χ4v) is 2.39. The summed E-state index contributed by atoms with van der Waals surface area (Å²) in [6, 6.07) is 3.43. The van der Waals surface area contributed by atoms with Crippen molar-refractivity contribution in [3.8, 4) is 5.75 Å². The van der Waals surface area contributed by atoms with E-state index in [1.807, 2.05) is 13.2 Å². The Bertz CT molecular complexity index is 666. The quantitative estimate of drug-likeness (QED) is 0.812. The lowest BCUT2D eigenvalue weighted by atomic mass is 10.1. The minimum absolute atomic E-state index is 0.215. The van der Waals surface area contributed by atoms with Gasteiger partial charge in [-0.05, 0) is 17.7 Å². The molecule has 0 saturated heterocycles. The number of carbonyl (C=O) groups excluding carboxylic acids is 1. The predicted octanol–water partition coefficient (Wildman–Crippen LogP) is 2.37. The summed E-state index contributed by atoms with van der Waals surface area (Å²) in [6.07, 6.45) is 4.45. The predicted molar refractivity (Wildman–Crippen MR) is 73.0 cm³/mol. The first kappa shape index (κ1) is 13.0. The van der Waals surface area contributed by atoms with Crippen LogP contribution >= 0.6 is 11.6 Å². The van der Waals surface area contributed by atoms with E-state index in [2.05, 4.69) is 5.10 Å². The molecule has 20 heavy (non-hydrogen) atoms. The molecule has 3 rings (SSSR count). The van der Waals surface area contributed by atoms with Crippen LogP contribution in [0, 0.1) is 0 Å². The second kappa shape index (κ2) is 5.17. The average Bonchev–Trinajstić information content (AvgIpc) is 3.00. The highest BCUT2D eigenvalue weighted by molar-refractivity contribution is 6.32. The van der Waals surface area contributed by atoms with E-state index in [9.17, 15) is 4.79 Å². The molecule has 1 aliphatic rings. The fraction of sp³-hybridized carbons (Fsp3) is 0.286. The molecule has 6 heteroatoms. The van der Waals surface area contributed by atoms with Gasteiger partial charge in [0.15, 0.2) is 0 Å². The number of hydrogen-bond acceptors (Lipinski definition) is 4. The number of fused-ring (bicyclic) bond motifs is 1. The van der Waals surface area contributed by atoms with Crippen LogP contribution in [0.4, 0.5) is 0 Å². The summed E-state index contributed by atoms with van der Waals surface area (Å²) in [5.74, 6) is 0.148. The van der Waals surface area contributed by atoms with Gasteiger partial charge < -0.3 is 9.47 Å². The van der Waals surface area contributed by atoms with Crippen LogP contribution in [0.15, 0.2) is 24.5 Å². The smallest absolute Gasteiger partial charge is 0.342 e. The third kappa shape index (κ3) is 2.36. The maximum absolute atomic E-state index is 11.7. The Hall–Kier alpha value is -2.01. The molecule has 1 aromatic heterocycles. The number of nitrogens with zero attached hydrogens (tertiary/aromatic N) is 2. The monoisotopic (exact) mass is 292 g/mol. The summed E-state index contributed by atoms with van der Waals surface area (Å²) in [6.45, 7) is 0.680. The van der Waals surface area contributed by atoms with E-state index in [1.165, 1.54) is 0 Å². The molecule has 0 aliphatic carbocycles. The van der Waals surface area contributed by atoms with Crippen LogP contribution in [0.1, 0.15) is 21.5 Å². The molecular weight excluding hydrogens is 280 g/mol. The molecule has 0 unspecified atom stereocenters. The normalized spacial score (nSPS) is 13.2. The van der Waals surface area contributed by atoms with Gasteiger partial charge in [0.25, 0.3) is 0 Å². The van der Waals surface area contributed by atoms with Gasteiger partial charge in [-0.25, -0.2) is 4.79 Å². The standard InChI is InChI=1S/C14H13ClN2O3/c1-17-7-9(6-16-17)4-5-19-12-3-2-11(15)10-8-20-14(18)13(10)12/h2-3,6-7H,4-5,8H2,1H3. The molecule has 5 nitrogen and oxygen atoms in total. The lowest BCUT2D eigenvalue weighted by Crippen LogP contribution is -2.05. The number of carbonyl (C=O) groups is 1. The average molecular weight is 293 g/mol. The molecule has 0 amide bonds. The van der Waals surface area contributed by atoms with Gasteiger partial charge in [-0.1, -0.05) is 11.6 Å². The number of aryl methyl sites for hydroxylation is 1. The number of esters is 1. The molecule has 0 N–H and O–H groups in total. The second-order valence-electron chi connectivity index (χ2n) is 4.60. The highest BCUT2D eigenvalue weighted by atomic mass is 35.5. The Morgan fingerprint density at radius 3 is 3.10 bits per heavy atom. The van der Waals surface area contributed by atoms with Gasteiger partial charge in [0, 0.05) is 30.3 Å². The molecule has 0 fully saturated rings. The Morgan fingerprint density at radius 1 is 1.50 bits per heavy atom. The molecule has 0 atom stereocenters. The molecule has 0 spiro atoms. The van der Waals surface area contributed by atoms with Crippen molar-refractivity contribution in [2.75, 3.05) is 6.61 Å². The van der Waals surface area contributed by atoms with Crippen molar-refractivity contribution in [3.05, 3.63) is 46.2 Å². The summed E-state index contributed by atoms with van der Waals surface area (Å²) < 4.78 is 12.4. The summed E-state index contributed by atoms with van der Waals surface area (Å²) in [7, 11) is 1.87. The highest BCUT2D eigenvalue weighted by Crippen LogP contribution is 2.34. The van der Waals surface area contributed by atoms with E-state index in [-0.39, 0.29) is 12.6 Å². The first-order chi connectivity index (χ1) is 9.65. The number of rotatable bonds is 4. The topological polar surface area (TPSA) is 53.4 Å². The summed E-state index contributed by atoms with van der Waals surface area (Å²) in [5.41, 5.74) is 2.24. The third-order valence-electron chi connectivity index (χ3n) is 3.18. The van der Waals surface area contributed by atoms with E-state index in [0.29, 0.717) is 28.5 Å². The summed E-state index contributed by atoms with van der Waals surface area (Å²) >= 11 is 6.04. The van der Waals surface area contributed by atoms with Gasteiger partial charge in [0.2, 0.25) is 0 Å². The van der Waals surface area contributed by atoms with Gasteiger partial charge in [-0.2, -0.15) is 5.10 Å². The van der Waals surface area contributed by atoms with Gasteiger partial charge >= 0.3 is 5.97 Å². The second-order valence-corrected chi connectivity index (χ2v) is 5.00. The molecule has 0 radical (unpaired) electrons. The van der Waals surface area contributed by atoms with Crippen LogP contribution < -0.4 is 4.74 Å². The maximum atomic E-state index is 11.7. The number of aromatic nitrogens is 2. The van der Waals surface area contributed by atoms with Gasteiger partial charge in [-0.15, -0.1) is 0 Å². The summed E-state index contributed by atoms with van der Waals surface area (Å²) in [5, 5.41) is 4.63. The molecule has 1 aliphatic heterocycles. The Balaban J connectivity index is 1.72. The Kier molecular flexibility index (Phi) is 3.36. The zero-order valence-corrected chi connectivity index (χ0v) is 11.7. The van der Waals surface area contributed by atoms with Crippen molar-refractivity contribution in [1.82, 2.24) is 9.78 Å². The lowest BCUT2D eigenvalue weighted by Gasteiger charge is -2.09. The summed E-state index contributed by atoms with van der Waals surface area (Å²) in [4.78, 5) is 11.7. The van der Waals surface area contributed by atoms with Crippen LogP contribution in [-0.4, -0.2) is 22.4 Å². The zero-order chi connectivity index (χ0) is 14.1. The van der Waals surface area contributed by atoms with Crippen LogP contribution in [0.2, 0.25) is 5.02 Å². The van der Waals surface area contributed by atoms with Gasteiger partial charge in [0.1, 0.15) is 17.9 Å². The van der Waals surface area contributed by atoms with E-state index < -0.39 is 0 Å². The number of hydrogen-bond donors (Lipinski definition) is 0. The molecule has 2 aromatic rings. The Labute approximate surface area is 121 Å². The van der Waals surface area contributed by atoms with Crippen LogP contribution in [0.5, 0.6) is 5.75 Å². The van der Waals surface area contributed by atoms with Crippen molar-refractivity contribution < 1.29 is 14.3 Å². The minimum atomic E-state index is -0.376. The van der Waals surface area contributed by atoms with E-state index in [0.717, 1.165) is 12.0 Å². The Morgan fingerprint density at radius 2 is 2.35 bits per heavy atom. The first-order valence-corrected chi connectivity index (χ1v) is 6.62. The van der Waals surface area contributed by atoms with Crippen LogP contribution in [-0.2, 0) is 24.8 Å². The molecule has 1 aromatic carbocycles. The number of ether oxygens (including phenoxy) is 2. The van der Waals surface area contributed by atoms with E-state index in [1.54, 1.807) is 23.0 Å². The van der Waals surface area contributed by atoms with Crippen molar-refractivity contribution in [2.24, 2.45) is 7.05 Å². The van der Waals surface area contributed by atoms with Gasteiger partial charge in [-0.3, -0.25) is 4.68 Å². The van der Waals surface area contributed by atoms with E-state index >= 15 is 0 Å². The van der Waals surface area contributed by atoms with Crippen LogP contribution in [0.3, 0.4) is 0 Å². The van der Waals surface area contributed by atoms with Crippen molar-refractivity contribution in [2.45, 2.75) is 13.0 Å². The molecule has 104 valence electrons. The molecule has 2 heterocycles. The van der Waals surface area contributed by atoms with Crippen molar-refractivity contribution in [1.29, 1.82) is 0 Å². The first-order valence-electron chi connectivity index (χ1n) is 6.24. The fourth-order valence-electron chi connectivity index (χ4n) is 2.18. The highest BCUT2D eigenvalue weighted by Gasteiger charge is 2.28. The van der Waals surface area contributed by atoms with Gasteiger partial charge in [0.05, 0.1) is 12.8 Å². The van der Waals surface area contributed by atoms with E-state index in [4.69, 9.17) is 21.1 Å². The minimum Gasteiger partial charge on any atom is -0.492 e. The number of benzene rings is 1. The lowest BCUT2D eigenvalue weighted by molar-refractivity contribution is 0.0532. The van der Waals surface area contributed by atoms with Crippen molar-refractivity contribution >= 4 is 17.6 Å². The van der Waals surface area contributed by atoms with Crippen molar-refractivity contribution in [3.63, 3.8) is 0 Å². The number of halogens is 1. The zero-order valence-electron chi connectivity index (χ0n) is 10.9. The molecular formula is C14H13ClN2O3. The van der Waals surface area contributed by atoms with Crippen LogP contribution in [0.25, 0.3) is 0 Å².